The molecule has 1 aliphatic rings. The number of imidazole rings is 1. The van der Waals surface area contributed by atoms with E-state index in [9.17, 15) is 24.8 Å². The first-order chi connectivity index (χ1) is 21.5. The fraction of sp³-hybridized carbons (Fsp3) is 0.367. The molecule has 15 heteroatoms. The van der Waals surface area contributed by atoms with Gasteiger partial charge in [-0.25, -0.2) is 14.9 Å². The van der Waals surface area contributed by atoms with Gasteiger partial charge < -0.3 is 36.8 Å². The lowest BCUT2D eigenvalue weighted by Gasteiger charge is -2.32. The number of aromatic nitrogens is 4. The molecule has 0 radical (unpaired) electrons. The van der Waals surface area contributed by atoms with Gasteiger partial charge >= 0.3 is 0 Å². The van der Waals surface area contributed by atoms with Gasteiger partial charge in [0.05, 0.1) is 29.0 Å². The summed E-state index contributed by atoms with van der Waals surface area (Å²) in [5.74, 6) is 0.462. The molecule has 1 aliphatic heterocycles. The van der Waals surface area contributed by atoms with Crippen molar-refractivity contribution >= 4 is 51.9 Å². The molecule has 3 heterocycles. The van der Waals surface area contributed by atoms with Gasteiger partial charge in [0.25, 0.3) is 0 Å². The number of quaternary nitrogens is 1. The molecule has 8 N–H and O–H groups in total. The predicted octanol–water partition coefficient (Wildman–Crippen LogP) is 1.65. The van der Waals surface area contributed by atoms with E-state index in [-0.39, 0.29) is 29.4 Å². The number of primary amides is 2. The minimum Gasteiger partial charge on any atom is -0.595 e. The topological polar surface area (TPSA) is 214 Å². The molecular weight excluding hydrogens is 580 g/mol. The van der Waals surface area contributed by atoms with Crippen molar-refractivity contribution in [2.24, 2.45) is 17.4 Å². The number of amides is 3. The van der Waals surface area contributed by atoms with E-state index in [0.717, 1.165) is 36.3 Å². The first kappa shape index (κ1) is 31.4. The maximum absolute atomic E-state index is 13.0. The number of aryl methyl sites for hydroxylation is 3. The minimum atomic E-state index is -1.22. The lowest BCUT2D eigenvalue weighted by atomic mass is 9.93. The quantitative estimate of drug-likeness (QED) is 0.127. The normalized spacial score (nSPS) is 14.4. The van der Waals surface area contributed by atoms with E-state index in [2.05, 4.69) is 20.3 Å². The fourth-order valence-electron chi connectivity index (χ4n) is 5.70. The summed E-state index contributed by atoms with van der Waals surface area (Å²) in [7, 11) is 0. The Morgan fingerprint density at radius 3 is 2.42 bits per heavy atom. The van der Waals surface area contributed by atoms with Crippen LogP contribution in [0.1, 0.15) is 52.6 Å². The Labute approximate surface area is 259 Å². The SMILES string of the molecule is CCn1nc(C)cc1Nc1nc2cc(C(N)=O)ccc2n1CCC1CCN(C(=O)CNc2ccc(C(N)=O)cc2[NH+]([O-])O)CC1. The third kappa shape index (κ3) is 7.06. The van der Waals surface area contributed by atoms with Crippen LogP contribution in [0.4, 0.5) is 23.1 Å². The van der Waals surface area contributed by atoms with Gasteiger partial charge in [0.1, 0.15) is 5.82 Å². The highest BCUT2D eigenvalue weighted by molar-refractivity contribution is 5.97. The molecule has 0 bridgehead atoms. The van der Waals surface area contributed by atoms with Crippen molar-refractivity contribution in [1.29, 1.82) is 0 Å². The Balaban J connectivity index is 1.22. The van der Waals surface area contributed by atoms with Crippen LogP contribution in [0.2, 0.25) is 0 Å². The number of piperidine rings is 1. The molecule has 1 fully saturated rings. The maximum atomic E-state index is 13.0. The van der Waals surface area contributed by atoms with Crippen molar-refractivity contribution < 1.29 is 24.8 Å². The van der Waals surface area contributed by atoms with E-state index in [0.29, 0.717) is 49.1 Å². The third-order valence-electron chi connectivity index (χ3n) is 8.17. The maximum Gasteiger partial charge on any atom is 0.248 e. The van der Waals surface area contributed by atoms with Gasteiger partial charge in [0.2, 0.25) is 23.7 Å². The van der Waals surface area contributed by atoms with Gasteiger partial charge in [0, 0.05) is 49.4 Å². The molecule has 0 spiro atoms. The number of nitrogens with two attached hydrogens (primary N) is 2. The number of hydrogen-bond donors (Lipinski definition) is 6. The van der Waals surface area contributed by atoms with Crippen molar-refractivity contribution in [3.05, 3.63) is 64.5 Å². The summed E-state index contributed by atoms with van der Waals surface area (Å²) < 4.78 is 3.97. The predicted molar refractivity (Wildman–Crippen MR) is 167 cm³/mol. The Hall–Kier alpha value is -4.99. The van der Waals surface area contributed by atoms with Crippen molar-refractivity contribution in [1.82, 2.24) is 24.2 Å². The molecule has 0 aliphatic carbocycles. The van der Waals surface area contributed by atoms with Crippen molar-refractivity contribution in [3.8, 4) is 0 Å². The second-order valence-corrected chi connectivity index (χ2v) is 11.2. The van der Waals surface area contributed by atoms with E-state index in [1.54, 1.807) is 17.0 Å². The van der Waals surface area contributed by atoms with Gasteiger partial charge in [-0.2, -0.15) is 10.3 Å². The zero-order valence-electron chi connectivity index (χ0n) is 25.2. The van der Waals surface area contributed by atoms with Crippen LogP contribution >= 0.6 is 0 Å². The van der Waals surface area contributed by atoms with Crippen LogP contribution < -0.4 is 27.3 Å². The summed E-state index contributed by atoms with van der Waals surface area (Å²) in [5.41, 5.74) is 13.8. The Bertz CT molecular complexity index is 1720. The van der Waals surface area contributed by atoms with E-state index < -0.39 is 17.0 Å². The highest BCUT2D eigenvalue weighted by Gasteiger charge is 2.24. The number of carbonyl (C=O) groups is 3. The van der Waals surface area contributed by atoms with Gasteiger partial charge in [-0.15, -0.1) is 0 Å². The smallest absolute Gasteiger partial charge is 0.248 e. The minimum absolute atomic E-state index is 0.0714. The number of nitrogens with one attached hydrogen (secondary N) is 3. The molecule has 1 unspecified atom stereocenters. The van der Waals surface area contributed by atoms with Crippen LogP contribution in [0.5, 0.6) is 0 Å². The molecule has 2 aromatic heterocycles. The van der Waals surface area contributed by atoms with Crippen LogP contribution in [0.15, 0.2) is 42.5 Å². The molecule has 5 rings (SSSR count). The summed E-state index contributed by atoms with van der Waals surface area (Å²) in [6.07, 6.45) is 2.50. The monoisotopic (exact) mass is 618 g/mol. The lowest BCUT2D eigenvalue weighted by Crippen LogP contribution is -2.99. The summed E-state index contributed by atoms with van der Waals surface area (Å²) in [6, 6.07) is 11.3. The highest BCUT2D eigenvalue weighted by Crippen LogP contribution is 2.28. The Morgan fingerprint density at radius 1 is 1.07 bits per heavy atom. The number of benzene rings is 2. The molecule has 4 aromatic rings. The second kappa shape index (κ2) is 13.3. The first-order valence-electron chi connectivity index (χ1n) is 14.8. The summed E-state index contributed by atoms with van der Waals surface area (Å²) in [5, 5.41) is 30.8. The second-order valence-electron chi connectivity index (χ2n) is 11.2. The third-order valence-corrected chi connectivity index (χ3v) is 8.17. The molecule has 2 aromatic carbocycles. The summed E-state index contributed by atoms with van der Waals surface area (Å²) >= 11 is 0. The molecule has 1 saturated heterocycles. The fourth-order valence-corrected chi connectivity index (χ4v) is 5.70. The Kier molecular flexibility index (Phi) is 9.32. The lowest BCUT2D eigenvalue weighted by molar-refractivity contribution is -0.990. The molecule has 3 amide bonds. The van der Waals surface area contributed by atoms with E-state index in [4.69, 9.17) is 16.5 Å². The average Bonchev–Trinajstić information content (AvgIpc) is 3.56. The highest BCUT2D eigenvalue weighted by atomic mass is 16.8. The summed E-state index contributed by atoms with van der Waals surface area (Å²) in [4.78, 5) is 42.8. The molecule has 15 nitrogen and oxygen atoms in total. The molecule has 1 atom stereocenters. The number of fused-ring (bicyclic) bond motifs is 1. The van der Waals surface area contributed by atoms with Gasteiger partial charge in [-0.1, -0.05) is 0 Å². The van der Waals surface area contributed by atoms with Gasteiger partial charge in [-0.3, -0.25) is 14.4 Å². The number of nitrogens with zero attached hydrogens (tertiary/aromatic N) is 5. The molecule has 0 saturated carbocycles. The number of hydrogen-bond acceptors (Lipinski definition) is 9. The van der Waals surface area contributed by atoms with E-state index in [1.807, 2.05) is 30.7 Å². The van der Waals surface area contributed by atoms with Crippen LogP contribution in [-0.4, -0.2) is 66.8 Å². The van der Waals surface area contributed by atoms with Gasteiger partial charge in [0.15, 0.2) is 5.69 Å². The Morgan fingerprint density at radius 2 is 1.76 bits per heavy atom. The van der Waals surface area contributed by atoms with Crippen molar-refractivity contribution in [2.45, 2.75) is 46.2 Å². The first-order valence-corrected chi connectivity index (χ1v) is 14.8. The zero-order valence-corrected chi connectivity index (χ0v) is 25.2. The molecular formula is C30H38N10O5. The van der Waals surface area contributed by atoms with E-state index in [1.165, 1.54) is 18.2 Å². The standard InChI is InChI=1S/C30H38N10O5/c1-3-39-26(14-18(2)36-39)35-30-34-23-15-20(28(31)42)5-7-24(23)38(30)13-10-19-8-11-37(12-9-19)27(41)17-33-22-6-4-21(29(32)43)16-25(22)40(44)45/h4-7,14-16,19,33,40,44H,3,8-13,17H2,1-2H3,(H2,31,42)(H2,32,43)(H,34,35). The van der Waals surface area contributed by atoms with Crippen LogP contribution in [0, 0.1) is 18.0 Å². The summed E-state index contributed by atoms with van der Waals surface area (Å²) in [6.45, 7) is 6.42. The number of likely N-dealkylation sites (tertiary alicyclic amines) is 1. The van der Waals surface area contributed by atoms with Crippen molar-refractivity contribution in [2.75, 3.05) is 30.3 Å². The molecule has 238 valence electrons. The number of anilines is 3. The number of carbonyl (C=O) groups excluding carboxylic acids is 3. The van der Waals surface area contributed by atoms with Crippen LogP contribution in [-0.2, 0) is 17.9 Å². The molecule has 45 heavy (non-hydrogen) atoms. The van der Waals surface area contributed by atoms with Crippen molar-refractivity contribution in [3.63, 3.8) is 0 Å². The van der Waals surface area contributed by atoms with Crippen LogP contribution in [0.3, 0.4) is 0 Å². The largest absolute Gasteiger partial charge is 0.595 e. The van der Waals surface area contributed by atoms with Gasteiger partial charge in [-0.05, 0) is 69.4 Å². The van der Waals surface area contributed by atoms with E-state index >= 15 is 0 Å². The van der Waals surface area contributed by atoms with Crippen LogP contribution in [0.25, 0.3) is 11.0 Å². The number of rotatable bonds is 12. The zero-order chi connectivity index (χ0) is 32.2. The average molecular weight is 619 g/mol.